The average Bonchev–Trinajstić information content (AvgIpc) is 2.36. The van der Waals surface area contributed by atoms with Gasteiger partial charge in [-0.3, -0.25) is 0 Å². The summed E-state index contributed by atoms with van der Waals surface area (Å²) in [6.07, 6.45) is 4.85. The van der Waals surface area contributed by atoms with Gasteiger partial charge < -0.3 is 15.2 Å². The van der Waals surface area contributed by atoms with Gasteiger partial charge in [0.15, 0.2) is 0 Å². The number of nitrogens with two attached hydrogens (primary N) is 1. The van der Waals surface area contributed by atoms with Crippen molar-refractivity contribution in [3.05, 3.63) is 0 Å². The summed E-state index contributed by atoms with van der Waals surface area (Å²) in [5.41, 5.74) is 5.84. The van der Waals surface area contributed by atoms with Gasteiger partial charge in [-0.2, -0.15) is 0 Å². The van der Waals surface area contributed by atoms with E-state index in [-0.39, 0.29) is 11.7 Å². The van der Waals surface area contributed by atoms with E-state index in [4.69, 9.17) is 15.2 Å². The molecule has 3 heteroatoms. The van der Waals surface area contributed by atoms with Crippen LogP contribution >= 0.6 is 0 Å². The van der Waals surface area contributed by atoms with Gasteiger partial charge in [0.05, 0.1) is 18.3 Å². The van der Waals surface area contributed by atoms with Crippen LogP contribution in [0.15, 0.2) is 0 Å². The molecule has 1 rings (SSSR count). The van der Waals surface area contributed by atoms with E-state index in [0.717, 1.165) is 24.7 Å². The molecule has 0 bridgehead atoms. The van der Waals surface area contributed by atoms with Crippen molar-refractivity contribution in [3.63, 3.8) is 0 Å². The van der Waals surface area contributed by atoms with Crippen LogP contribution in [0, 0.1) is 11.8 Å². The molecule has 17 heavy (non-hydrogen) atoms. The van der Waals surface area contributed by atoms with Crippen LogP contribution in [-0.4, -0.2) is 32.0 Å². The molecule has 1 saturated carbocycles. The van der Waals surface area contributed by atoms with Crippen molar-refractivity contribution in [1.29, 1.82) is 0 Å². The Kier molecular flexibility index (Phi) is 5.90. The predicted octanol–water partition coefficient (Wildman–Crippen LogP) is 2.58. The van der Waals surface area contributed by atoms with Crippen molar-refractivity contribution in [3.8, 4) is 0 Å². The fourth-order valence-corrected chi connectivity index (χ4v) is 2.60. The Hall–Kier alpha value is -0.120. The van der Waals surface area contributed by atoms with E-state index in [1.165, 1.54) is 12.8 Å². The van der Waals surface area contributed by atoms with Crippen LogP contribution in [0.25, 0.3) is 0 Å². The Morgan fingerprint density at radius 2 is 1.82 bits per heavy atom. The first kappa shape index (κ1) is 14.9. The van der Waals surface area contributed by atoms with Gasteiger partial charge in [0.2, 0.25) is 0 Å². The van der Waals surface area contributed by atoms with Gasteiger partial charge in [-0.1, -0.05) is 13.8 Å². The van der Waals surface area contributed by atoms with Crippen LogP contribution in [0.2, 0.25) is 0 Å². The number of hydrogen-bond donors (Lipinski definition) is 1. The fraction of sp³-hybridized carbons (Fsp3) is 1.00. The average molecular weight is 243 g/mol. The third-order valence-electron chi connectivity index (χ3n) is 4.28. The Balaban J connectivity index is 2.43. The topological polar surface area (TPSA) is 44.5 Å². The quantitative estimate of drug-likeness (QED) is 0.780. The van der Waals surface area contributed by atoms with E-state index in [9.17, 15) is 0 Å². The van der Waals surface area contributed by atoms with E-state index in [1.54, 1.807) is 7.11 Å². The summed E-state index contributed by atoms with van der Waals surface area (Å²) < 4.78 is 11.3. The Labute approximate surface area is 106 Å². The second-order valence-corrected chi connectivity index (χ2v) is 5.83. The van der Waals surface area contributed by atoms with Crippen LogP contribution in [0.3, 0.4) is 0 Å². The lowest BCUT2D eigenvalue weighted by atomic mass is 9.74. The third kappa shape index (κ3) is 4.23. The Bertz CT molecular complexity index is 210. The first-order valence-corrected chi connectivity index (χ1v) is 6.90. The van der Waals surface area contributed by atoms with Crippen molar-refractivity contribution in [2.75, 3.05) is 20.3 Å². The normalized spacial score (nSPS) is 31.8. The summed E-state index contributed by atoms with van der Waals surface area (Å²) in [6.45, 7) is 7.94. The number of hydrogen-bond acceptors (Lipinski definition) is 3. The molecule has 0 aromatic carbocycles. The highest BCUT2D eigenvalue weighted by Crippen LogP contribution is 2.37. The minimum absolute atomic E-state index is 0.0851. The minimum Gasteiger partial charge on any atom is -0.379 e. The summed E-state index contributed by atoms with van der Waals surface area (Å²) >= 11 is 0. The first-order chi connectivity index (χ1) is 8.03. The fourth-order valence-electron chi connectivity index (χ4n) is 2.60. The molecular formula is C14H29NO2. The van der Waals surface area contributed by atoms with Gasteiger partial charge in [-0.05, 0) is 44.4 Å². The minimum atomic E-state index is -0.0851. The molecule has 2 N–H and O–H groups in total. The molecule has 1 aliphatic carbocycles. The van der Waals surface area contributed by atoms with Gasteiger partial charge in [-0.15, -0.1) is 0 Å². The summed E-state index contributed by atoms with van der Waals surface area (Å²) in [5.74, 6) is 1.63. The van der Waals surface area contributed by atoms with E-state index in [0.29, 0.717) is 13.2 Å². The second-order valence-electron chi connectivity index (χ2n) is 5.83. The Morgan fingerprint density at radius 3 is 2.24 bits per heavy atom. The summed E-state index contributed by atoms with van der Waals surface area (Å²) in [6, 6.07) is 0. The van der Waals surface area contributed by atoms with Crippen molar-refractivity contribution in [2.45, 2.75) is 58.2 Å². The third-order valence-corrected chi connectivity index (χ3v) is 4.28. The molecule has 0 aromatic heterocycles. The number of rotatable bonds is 6. The molecule has 0 heterocycles. The molecule has 3 nitrogen and oxygen atoms in total. The molecule has 0 aliphatic heterocycles. The van der Waals surface area contributed by atoms with E-state index < -0.39 is 0 Å². The van der Waals surface area contributed by atoms with Crippen molar-refractivity contribution in [2.24, 2.45) is 17.6 Å². The molecule has 1 atom stereocenters. The second kappa shape index (κ2) is 6.72. The van der Waals surface area contributed by atoms with Crippen molar-refractivity contribution >= 4 is 0 Å². The summed E-state index contributed by atoms with van der Waals surface area (Å²) in [5, 5.41) is 0. The van der Waals surface area contributed by atoms with Gasteiger partial charge in [0.1, 0.15) is 0 Å². The zero-order chi connectivity index (χ0) is 12.9. The molecular weight excluding hydrogens is 214 g/mol. The molecule has 1 aliphatic rings. The zero-order valence-corrected chi connectivity index (χ0v) is 11.9. The van der Waals surface area contributed by atoms with Gasteiger partial charge in [0, 0.05) is 13.7 Å². The van der Waals surface area contributed by atoms with Crippen LogP contribution in [-0.2, 0) is 9.47 Å². The lowest BCUT2D eigenvalue weighted by molar-refractivity contribution is -0.104. The highest BCUT2D eigenvalue weighted by molar-refractivity contribution is 4.89. The molecule has 0 saturated heterocycles. The molecule has 0 aromatic rings. The highest BCUT2D eigenvalue weighted by Gasteiger charge is 2.36. The molecule has 0 radical (unpaired) electrons. The highest BCUT2D eigenvalue weighted by atomic mass is 16.5. The van der Waals surface area contributed by atoms with Gasteiger partial charge in [-0.25, -0.2) is 0 Å². The number of methoxy groups -OCH3 is 1. The smallest absolute Gasteiger partial charge is 0.0805 e. The summed E-state index contributed by atoms with van der Waals surface area (Å²) in [7, 11) is 1.72. The van der Waals surface area contributed by atoms with Crippen LogP contribution < -0.4 is 5.73 Å². The van der Waals surface area contributed by atoms with Crippen LogP contribution in [0.1, 0.15) is 46.5 Å². The first-order valence-electron chi connectivity index (χ1n) is 6.90. The number of ether oxygens (including phenoxy) is 2. The van der Waals surface area contributed by atoms with Gasteiger partial charge in [0.25, 0.3) is 0 Å². The maximum absolute atomic E-state index is 6.05. The largest absolute Gasteiger partial charge is 0.379 e. The lowest BCUT2D eigenvalue weighted by Crippen LogP contribution is -2.45. The molecule has 1 fully saturated rings. The molecule has 0 spiro atoms. The molecule has 102 valence electrons. The predicted molar refractivity (Wildman–Crippen MR) is 71.0 cm³/mol. The van der Waals surface area contributed by atoms with Crippen LogP contribution in [0.4, 0.5) is 0 Å². The van der Waals surface area contributed by atoms with Crippen molar-refractivity contribution < 1.29 is 9.47 Å². The summed E-state index contributed by atoms with van der Waals surface area (Å²) in [4.78, 5) is 0. The van der Waals surface area contributed by atoms with E-state index >= 15 is 0 Å². The Morgan fingerprint density at radius 1 is 1.24 bits per heavy atom. The van der Waals surface area contributed by atoms with E-state index in [2.05, 4.69) is 13.8 Å². The van der Waals surface area contributed by atoms with Crippen LogP contribution in [0.5, 0.6) is 0 Å². The molecule has 1 unspecified atom stereocenters. The monoisotopic (exact) mass is 243 g/mol. The zero-order valence-electron chi connectivity index (χ0n) is 11.9. The van der Waals surface area contributed by atoms with Gasteiger partial charge >= 0.3 is 0 Å². The van der Waals surface area contributed by atoms with Crippen molar-refractivity contribution in [1.82, 2.24) is 0 Å². The molecule has 0 amide bonds. The maximum Gasteiger partial charge on any atom is 0.0805 e. The maximum atomic E-state index is 6.05. The lowest BCUT2D eigenvalue weighted by Gasteiger charge is -2.41. The van der Waals surface area contributed by atoms with E-state index in [1.807, 2.05) is 6.92 Å². The SMILES string of the molecule is COC(C)COC1(CN)CCC(C(C)C)CC1. The standard InChI is InChI=1S/C14H29NO2/c1-11(2)13-5-7-14(10-15,8-6-13)17-9-12(3)16-4/h11-13H,5-10,15H2,1-4H3.